The number of rotatable bonds is 18. The van der Waals surface area contributed by atoms with Crippen LogP contribution in [-0.2, 0) is 9.47 Å². The minimum Gasteiger partial charge on any atom is -0.462 e. The Bertz CT molecular complexity index is 645. The molecular weight excluding hydrogens is 432 g/mol. The van der Waals surface area contributed by atoms with Crippen molar-refractivity contribution < 1.29 is 29.3 Å². The smallest absolute Gasteiger partial charge is 0.339 e. The molecule has 0 fully saturated rings. The van der Waals surface area contributed by atoms with Gasteiger partial charge in [-0.2, -0.15) is 0 Å². The van der Waals surface area contributed by atoms with Gasteiger partial charge in [0.25, 0.3) is 0 Å². The minimum atomic E-state index is -0.509. The summed E-state index contributed by atoms with van der Waals surface area (Å²) in [6.45, 7) is 8.69. The van der Waals surface area contributed by atoms with E-state index in [1.807, 2.05) is 13.8 Å². The summed E-state index contributed by atoms with van der Waals surface area (Å²) in [7, 11) is 0. The fraction of sp³-hybridized carbons (Fsp3) is 0.714. The molecular formula is C28H46O6. The quantitative estimate of drug-likeness (QED) is 0.200. The number of hydrogen-bond donors (Lipinski definition) is 2. The van der Waals surface area contributed by atoms with Crippen LogP contribution in [0.4, 0.5) is 0 Å². The maximum Gasteiger partial charge on any atom is 0.339 e. The molecule has 4 atom stereocenters. The van der Waals surface area contributed by atoms with Crippen molar-refractivity contribution >= 4 is 11.9 Å². The average Bonchev–Trinajstić information content (AvgIpc) is 2.86. The van der Waals surface area contributed by atoms with Gasteiger partial charge in [-0.15, -0.1) is 0 Å². The van der Waals surface area contributed by atoms with E-state index in [0.717, 1.165) is 64.2 Å². The molecule has 0 bridgehead atoms. The van der Waals surface area contributed by atoms with Gasteiger partial charge in [0.1, 0.15) is 0 Å². The first-order valence-corrected chi connectivity index (χ1v) is 13.1. The molecule has 0 aliphatic heterocycles. The number of aliphatic hydroxyl groups excluding tert-OH is 2. The van der Waals surface area contributed by atoms with Crippen molar-refractivity contribution in [3.8, 4) is 0 Å². The minimum absolute atomic E-state index is 0.231. The number of unbranched alkanes of at least 4 members (excludes halogenated alkanes) is 4. The lowest BCUT2D eigenvalue weighted by Gasteiger charge is -2.16. The molecule has 1 aromatic rings. The highest BCUT2D eigenvalue weighted by atomic mass is 16.5. The van der Waals surface area contributed by atoms with Crippen molar-refractivity contribution in [2.75, 3.05) is 13.2 Å². The lowest BCUT2D eigenvalue weighted by molar-refractivity contribution is 0.0449. The van der Waals surface area contributed by atoms with E-state index in [1.54, 1.807) is 24.3 Å². The molecule has 0 aliphatic carbocycles. The lowest BCUT2D eigenvalue weighted by Crippen LogP contribution is -2.16. The number of hydrogen-bond acceptors (Lipinski definition) is 6. The van der Waals surface area contributed by atoms with Crippen LogP contribution in [0.5, 0.6) is 0 Å². The van der Waals surface area contributed by atoms with Gasteiger partial charge in [0.15, 0.2) is 0 Å². The number of ether oxygens (including phenoxy) is 2. The van der Waals surface area contributed by atoms with E-state index < -0.39 is 11.9 Å². The van der Waals surface area contributed by atoms with E-state index in [-0.39, 0.29) is 35.2 Å². The normalized spacial score (nSPS) is 14.8. The fourth-order valence-corrected chi connectivity index (χ4v) is 4.00. The molecule has 0 spiro atoms. The van der Waals surface area contributed by atoms with E-state index in [9.17, 15) is 19.8 Å². The molecule has 1 aromatic carbocycles. The van der Waals surface area contributed by atoms with Crippen molar-refractivity contribution in [3.05, 3.63) is 35.4 Å². The Morgan fingerprint density at radius 1 is 0.706 bits per heavy atom. The number of benzene rings is 1. The second-order valence-electron chi connectivity index (χ2n) is 9.42. The summed E-state index contributed by atoms with van der Waals surface area (Å²) < 4.78 is 10.8. The second kappa shape index (κ2) is 17.5. The van der Waals surface area contributed by atoms with Gasteiger partial charge < -0.3 is 19.7 Å². The Morgan fingerprint density at radius 2 is 1.09 bits per heavy atom. The van der Waals surface area contributed by atoms with Crippen LogP contribution >= 0.6 is 0 Å². The molecule has 0 amide bonds. The number of aliphatic hydroxyl groups is 2. The van der Waals surface area contributed by atoms with Gasteiger partial charge in [0.05, 0.1) is 36.5 Å². The summed E-state index contributed by atoms with van der Waals surface area (Å²) in [6, 6.07) is 6.60. The summed E-state index contributed by atoms with van der Waals surface area (Å²) in [6.07, 6.45) is 8.26. The first kappa shape index (κ1) is 30.1. The predicted molar refractivity (Wildman–Crippen MR) is 135 cm³/mol. The van der Waals surface area contributed by atoms with Gasteiger partial charge in [-0.05, 0) is 62.5 Å². The molecule has 0 aliphatic rings. The Balaban J connectivity index is 2.34. The van der Waals surface area contributed by atoms with Crippen LogP contribution in [0.2, 0.25) is 0 Å². The molecule has 0 saturated heterocycles. The highest BCUT2D eigenvalue weighted by Gasteiger charge is 2.19. The number of carbonyl (C=O) groups is 2. The summed E-state index contributed by atoms with van der Waals surface area (Å²) >= 11 is 0. The lowest BCUT2D eigenvalue weighted by atomic mass is 9.96. The molecule has 0 aromatic heterocycles. The van der Waals surface area contributed by atoms with Crippen LogP contribution in [0.1, 0.15) is 113 Å². The van der Waals surface area contributed by atoms with Crippen molar-refractivity contribution in [2.24, 2.45) is 11.8 Å². The van der Waals surface area contributed by atoms with E-state index in [0.29, 0.717) is 13.2 Å². The Morgan fingerprint density at radius 3 is 1.44 bits per heavy atom. The maximum absolute atomic E-state index is 12.5. The van der Waals surface area contributed by atoms with Crippen LogP contribution in [0, 0.1) is 11.8 Å². The third-order valence-corrected chi connectivity index (χ3v) is 6.59. The van der Waals surface area contributed by atoms with Crippen molar-refractivity contribution in [3.63, 3.8) is 0 Å². The zero-order valence-corrected chi connectivity index (χ0v) is 21.6. The van der Waals surface area contributed by atoms with Crippen LogP contribution in [0.15, 0.2) is 24.3 Å². The standard InChI is InChI=1S/C28H46O6/c1-5-25(29)21(3)15-9-7-13-19-33-27(31)23-17-11-12-18-24(23)28(32)34-20-14-8-10-16-22(4)26(30)6-2/h11-12,17-18,21-22,25-26,29-30H,5-10,13-16,19-20H2,1-4H3. The van der Waals surface area contributed by atoms with Crippen LogP contribution < -0.4 is 0 Å². The Labute approximate surface area is 206 Å². The van der Waals surface area contributed by atoms with E-state index in [1.165, 1.54) is 0 Å². The third-order valence-electron chi connectivity index (χ3n) is 6.59. The van der Waals surface area contributed by atoms with E-state index in [2.05, 4.69) is 13.8 Å². The molecule has 0 saturated carbocycles. The van der Waals surface area contributed by atoms with Gasteiger partial charge in [0.2, 0.25) is 0 Å². The summed E-state index contributed by atoms with van der Waals surface area (Å²) in [5.74, 6) is -0.456. The van der Waals surface area contributed by atoms with Crippen LogP contribution in [-0.4, -0.2) is 47.6 Å². The van der Waals surface area contributed by atoms with Crippen LogP contribution in [0.25, 0.3) is 0 Å². The zero-order chi connectivity index (χ0) is 25.3. The summed E-state index contributed by atoms with van der Waals surface area (Å²) in [5, 5.41) is 19.6. The second-order valence-corrected chi connectivity index (χ2v) is 9.42. The van der Waals surface area contributed by atoms with E-state index >= 15 is 0 Å². The molecule has 0 heterocycles. The van der Waals surface area contributed by atoms with Crippen molar-refractivity contribution in [1.82, 2.24) is 0 Å². The monoisotopic (exact) mass is 478 g/mol. The van der Waals surface area contributed by atoms with Crippen molar-refractivity contribution in [1.29, 1.82) is 0 Å². The first-order chi connectivity index (χ1) is 16.3. The SMILES string of the molecule is CCC(O)C(C)CCCCCOC(=O)c1ccccc1C(=O)OCCCCCC(C)C(O)CC. The third kappa shape index (κ3) is 11.5. The molecule has 1 rings (SSSR count). The van der Waals surface area contributed by atoms with E-state index in [4.69, 9.17) is 9.47 Å². The Hall–Kier alpha value is -1.92. The summed E-state index contributed by atoms with van der Waals surface area (Å²) in [4.78, 5) is 25.0. The molecule has 2 N–H and O–H groups in total. The number of esters is 2. The molecule has 34 heavy (non-hydrogen) atoms. The summed E-state index contributed by atoms with van der Waals surface area (Å²) in [5.41, 5.74) is 0.462. The largest absolute Gasteiger partial charge is 0.462 e. The van der Waals surface area contributed by atoms with Gasteiger partial charge in [0, 0.05) is 0 Å². The fourth-order valence-electron chi connectivity index (χ4n) is 4.00. The molecule has 194 valence electrons. The molecule has 6 heteroatoms. The van der Waals surface area contributed by atoms with Gasteiger partial charge in [-0.3, -0.25) is 0 Å². The van der Waals surface area contributed by atoms with Gasteiger partial charge in [-0.25, -0.2) is 9.59 Å². The molecule has 4 unspecified atom stereocenters. The molecule has 0 radical (unpaired) electrons. The number of carbonyl (C=O) groups excluding carboxylic acids is 2. The maximum atomic E-state index is 12.5. The van der Waals surface area contributed by atoms with Crippen molar-refractivity contribution in [2.45, 2.75) is 104 Å². The predicted octanol–water partition coefficient (Wildman–Crippen LogP) is 5.94. The zero-order valence-electron chi connectivity index (χ0n) is 21.6. The Kier molecular flexibility index (Phi) is 15.5. The molecule has 6 nitrogen and oxygen atoms in total. The first-order valence-electron chi connectivity index (χ1n) is 13.1. The topological polar surface area (TPSA) is 93.1 Å². The van der Waals surface area contributed by atoms with Gasteiger partial charge in [-0.1, -0.05) is 65.5 Å². The van der Waals surface area contributed by atoms with Gasteiger partial charge >= 0.3 is 11.9 Å². The average molecular weight is 479 g/mol. The highest BCUT2D eigenvalue weighted by Crippen LogP contribution is 2.17. The highest BCUT2D eigenvalue weighted by molar-refractivity contribution is 6.03. The van der Waals surface area contributed by atoms with Crippen LogP contribution in [0.3, 0.4) is 0 Å².